The number of nitrogens with two attached hydrogens (primary N) is 1. The summed E-state index contributed by atoms with van der Waals surface area (Å²) in [5, 5.41) is 0. The predicted octanol–water partition coefficient (Wildman–Crippen LogP) is 1.88. The highest BCUT2D eigenvalue weighted by Crippen LogP contribution is 2.29. The van der Waals surface area contributed by atoms with Crippen LogP contribution < -0.4 is 5.73 Å². The first-order chi connectivity index (χ1) is 8.39. The van der Waals surface area contributed by atoms with Crippen molar-refractivity contribution in [2.24, 2.45) is 12.8 Å². The van der Waals surface area contributed by atoms with Crippen LogP contribution in [0.3, 0.4) is 0 Å². The van der Waals surface area contributed by atoms with Gasteiger partial charge in [-0.25, -0.2) is 4.98 Å². The third-order valence-electron chi connectivity index (χ3n) is 2.57. The maximum absolute atomic E-state index is 12.4. The molecule has 0 aliphatic carbocycles. The van der Waals surface area contributed by atoms with Crippen LogP contribution in [0.2, 0.25) is 0 Å². The second kappa shape index (κ2) is 4.41. The van der Waals surface area contributed by atoms with E-state index in [-0.39, 0.29) is 0 Å². The van der Waals surface area contributed by atoms with E-state index in [0.29, 0.717) is 11.5 Å². The zero-order valence-corrected chi connectivity index (χ0v) is 9.52. The van der Waals surface area contributed by atoms with Gasteiger partial charge in [0.15, 0.2) is 0 Å². The number of aromatic nitrogens is 3. The Morgan fingerprint density at radius 1 is 1.28 bits per heavy atom. The van der Waals surface area contributed by atoms with Crippen LogP contribution in [0.4, 0.5) is 13.2 Å². The molecular weight excluding hydrogens is 245 g/mol. The number of halogens is 3. The van der Waals surface area contributed by atoms with Gasteiger partial charge in [-0.15, -0.1) is 0 Å². The van der Waals surface area contributed by atoms with E-state index in [2.05, 4.69) is 9.97 Å². The summed E-state index contributed by atoms with van der Waals surface area (Å²) in [6, 6.07) is 1.58. The predicted molar refractivity (Wildman–Crippen MR) is 58.5 cm³/mol. The van der Waals surface area contributed by atoms with E-state index in [1.807, 2.05) is 0 Å². The van der Waals surface area contributed by atoms with E-state index in [4.69, 9.17) is 5.73 Å². The summed E-state index contributed by atoms with van der Waals surface area (Å²) >= 11 is 0. The Hall–Kier alpha value is -1.89. The van der Waals surface area contributed by atoms with Crippen LogP contribution in [0, 0.1) is 0 Å². The summed E-state index contributed by atoms with van der Waals surface area (Å²) in [7, 11) is 1.76. The summed E-state index contributed by atoms with van der Waals surface area (Å²) in [4.78, 5) is 7.78. The average Bonchev–Trinajstić information content (AvgIpc) is 2.73. The van der Waals surface area contributed by atoms with E-state index in [0.717, 1.165) is 12.3 Å². The normalized spacial score (nSPS) is 13.6. The SMILES string of the molecule is Cn1ccnc1C(N)c1ccc(C(F)(F)F)cn1. The molecule has 0 spiro atoms. The Labute approximate surface area is 101 Å². The zero-order chi connectivity index (χ0) is 13.3. The molecule has 0 radical (unpaired) electrons. The number of nitrogens with zero attached hydrogens (tertiary/aromatic N) is 3. The van der Waals surface area contributed by atoms with Crippen LogP contribution in [0.1, 0.15) is 23.1 Å². The van der Waals surface area contributed by atoms with Gasteiger partial charge in [0, 0.05) is 25.6 Å². The summed E-state index contributed by atoms with van der Waals surface area (Å²) in [5.41, 5.74) is 5.45. The monoisotopic (exact) mass is 256 g/mol. The van der Waals surface area contributed by atoms with Gasteiger partial charge in [-0.05, 0) is 12.1 Å². The van der Waals surface area contributed by atoms with Crippen molar-refractivity contribution < 1.29 is 13.2 Å². The molecule has 0 bridgehead atoms. The van der Waals surface area contributed by atoms with Gasteiger partial charge in [0.1, 0.15) is 11.9 Å². The standard InChI is InChI=1S/C11H11F3N4/c1-18-5-4-16-10(18)9(15)8-3-2-7(6-17-8)11(12,13)14/h2-6,9H,15H2,1H3. The highest BCUT2D eigenvalue weighted by atomic mass is 19.4. The minimum atomic E-state index is -4.39. The van der Waals surface area contributed by atoms with Crippen molar-refractivity contribution in [2.45, 2.75) is 12.2 Å². The quantitative estimate of drug-likeness (QED) is 0.892. The van der Waals surface area contributed by atoms with Gasteiger partial charge < -0.3 is 10.3 Å². The fraction of sp³-hybridized carbons (Fsp3) is 0.273. The molecule has 2 aromatic rings. The number of alkyl halides is 3. The molecule has 0 saturated carbocycles. The van der Waals surface area contributed by atoms with Gasteiger partial charge in [-0.2, -0.15) is 13.2 Å². The lowest BCUT2D eigenvalue weighted by molar-refractivity contribution is -0.137. The van der Waals surface area contributed by atoms with E-state index >= 15 is 0 Å². The van der Waals surface area contributed by atoms with Crippen molar-refractivity contribution in [3.63, 3.8) is 0 Å². The lowest BCUT2D eigenvalue weighted by Gasteiger charge is -2.12. The second-order valence-corrected chi connectivity index (χ2v) is 3.84. The Kier molecular flexibility index (Phi) is 3.08. The molecule has 1 unspecified atom stereocenters. The van der Waals surface area contributed by atoms with Crippen molar-refractivity contribution in [3.05, 3.63) is 47.8 Å². The molecule has 0 aliphatic heterocycles. The van der Waals surface area contributed by atoms with E-state index in [1.165, 1.54) is 6.07 Å². The van der Waals surface area contributed by atoms with Crippen LogP contribution in [0.5, 0.6) is 0 Å². The molecule has 0 saturated heterocycles. The number of imidazole rings is 1. The molecule has 96 valence electrons. The Balaban J connectivity index is 2.28. The average molecular weight is 256 g/mol. The molecule has 2 aromatic heterocycles. The largest absolute Gasteiger partial charge is 0.417 e. The molecule has 0 fully saturated rings. The van der Waals surface area contributed by atoms with Gasteiger partial charge in [0.2, 0.25) is 0 Å². The molecule has 18 heavy (non-hydrogen) atoms. The maximum Gasteiger partial charge on any atom is 0.417 e. The highest BCUT2D eigenvalue weighted by molar-refractivity contribution is 5.22. The maximum atomic E-state index is 12.4. The minimum Gasteiger partial charge on any atom is -0.336 e. The minimum absolute atomic E-state index is 0.345. The first-order valence-electron chi connectivity index (χ1n) is 5.15. The van der Waals surface area contributed by atoms with Gasteiger partial charge in [0.25, 0.3) is 0 Å². The zero-order valence-electron chi connectivity index (χ0n) is 9.52. The fourth-order valence-corrected chi connectivity index (χ4v) is 1.57. The molecule has 0 aromatic carbocycles. The summed E-state index contributed by atoms with van der Waals surface area (Å²) in [5.74, 6) is 0.544. The van der Waals surface area contributed by atoms with Gasteiger partial charge in [-0.1, -0.05) is 0 Å². The molecule has 0 aliphatic rings. The van der Waals surface area contributed by atoms with Crippen molar-refractivity contribution in [3.8, 4) is 0 Å². The molecule has 4 nitrogen and oxygen atoms in total. The number of hydrogen-bond donors (Lipinski definition) is 1. The fourth-order valence-electron chi connectivity index (χ4n) is 1.57. The second-order valence-electron chi connectivity index (χ2n) is 3.84. The lowest BCUT2D eigenvalue weighted by Crippen LogP contribution is -2.18. The number of aryl methyl sites for hydroxylation is 1. The lowest BCUT2D eigenvalue weighted by atomic mass is 10.1. The van der Waals surface area contributed by atoms with Crippen molar-refractivity contribution in [1.82, 2.24) is 14.5 Å². The highest BCUT2D eigenvalue weighted by Gasteiger charge is 2.31. The number of pyridine rings is 1. The first kappa shape index (κ1) is 12.6. The topological polar surface area (TPSA) is 56.7 Å². The van der Waals surface area contributed by atoms with Gasteiger partial charge in [-0.3, -0.25) is 4.98 Å². The van der Waals surface area contributed by atoms with Gasteiger partial charge >= 0.3 is 6.18 Å². The molecule has 2 N–H and O–H groups in total. The molecule has 7 heteroatoms. The number of rotatable bonds is 2. The van der Waals surface area contributed by atoms with Crippen LogP contribution in [0.25, 0.3) is 0 Å². The molecular formula is C11H11F3N4. The van der Waals surface area contributed by atoms with E-state index < -0.39 is 17.8 Å². The molecule has 0 amide bonds. The summed E-state index contributed by atoms with van der Waals surface area (Å²) < 4.78 is 38.8. The van der Waals surface area contributed by atoms with Gasteiger partial charge in [0.05, 0.1) is 11.3 Å². The summed E-state index contributed by atoms with van der Waals surface area (Å²) in [6.07, 6.45) is -0.338. The molecule has 1 atom stereocenters. The van der Waals surface area contributed by atoms with Crippen LogP contribution in [-0.4, -0.2) is 14.5 Å². The summed E-state index contributed by atoms with van der Waals surface area (Å²) in [6.45, 7) is 0. The van der Waals surface area contributed by atoms with E-state index in [9.17, 15) is 13.2 Å². The molecule has 2 heterocycles. The van der Waals surface area contributed by atoms with Crippen molar-refractivity contribution in [1.29, 1.82) is 0 Å². The number of hydrogen-bond acceptors (Lipinski definition) is 3. The molecule has 2 rings (SSSR count). The Bertz CT molecular complexity index is 530. The van der Waals surface area contributed by atoms with Crippen molar-refractivity contribution in [2.75, 3.05) is 0 Å². The Morgan fingerprint density at radius 3 is 2.44 bits per heavy atom. The Morgan fingerprint density at radius 2 is 2.00 bits per heavy atom. The van der Waals surface area contributed by atoms with Crippen LogP contribution >= 0.6 is 0 Å². The van der Waals surface area contributed by atoms with Crippen molar-refractivity contribution >= 4 is 0 Å². The van der Waals surface area contributed by atoms with Crippen LogP contribution in [0.15, 0.2) is 30.7 Å². The van der Waals surface area contributed by atoms with Crippen LogP contribution in [-0.2, 0) is 13.2 Å². The third kappa shape index (κ3) is 2.35. The smallest absolute Gasteiger partial charge is 0.336 e. The third-order valence-corrected chi connectivity index (χ3v) is 2.57. The first-order valence-corrected chi connectivity index (χ1v) is 5.15. The van der Waals surface area contributed by atoms with E-state index in [1.54, 1.807) is 24.0 Å².